The summed E-state index contributed by atoms with van der Waals surface area (Å²) in [4.78, 5) is 8.82. The Kier molecular flexibility index (Phi) is 8.56. The van der Waals surface area contributed by atoms with Crippen molar-refractivity contribution in [2.45, 2.75) is 26.3 Å². The summed E-state index contributed by atoms with van der Waals surface area (Å²) >= 11 is 0. The second-order valence-corrected chi connectivity index (χ2v) is 8.23. The SMILES string of the molecule is Cc1cc(Nc2ncnc3ccn(CCN)c23)ccc1Oc1cccc(/C=C/C2CC2)c1.Cl.Cl. The van der Waals surface area contributed by atoms with E-state index >= 15 is 0 Å². The minimum atomic E-state index is 0. The molecule has 1 fully saturated rings. The molecule has 0 atom stereocenters. The summed E-state index contributed by atoms with van der Waals surface area (Å²) in [5.74, 6) is 3.19. The number of aryl methyl sites for hydroxylation is 1. The van der Waals surface area contributed by atoms with Crippen molar-refractivity contribution in [2.75, 3.05) is 11.9 Å². The summed E-state index contributed by atoms with van der Waals surface area (Å²) in [6.07, 6.45) is 10.7. The number of nitrogens with two attached hydrogens (primary N) is 1. The molecule has 34 heavy (non-hydrogen) atoms. The largest absolute Gasteiger partial charge is 0.457 e. The van der Waals surface area contributed by atoms with Gasteiger partial charge in [-0.2, -0.15) is 0 Å². The fourth-order valence-electron chi connectivity index (χ4n) is 3.77. The first-order valence-electron chi connectivity index (χ1n) is 11.0. The highest BCUT2D eigenvalue weighted by atomic mass is 35.5. The molecule has 0 radical (unpaired) electrons. The molecule has 4 aromatic rings. The molecule has 2 aromatic heterocycles. The van der Waals surface area contributed by atoms with Gasteiger partial charge in [-0.1, -0.05) is 24.3 Å². The summed E-state index contributed by atoms with van der Waals surface area (Å²) in [5.41, 5.74) is 10.7. The van der Waals surface area contributed by atoms with Gasteiger partial charge < -0.3 is 20.4 Å². The molecular formula is C26H29Cl2N5O. The number of aromatic nitrogens is 3. The third-order valence-electron chi connectivity index (χ3n) is 5.63. The highest BCUT2D eigenvalue weighted by Crippen LogP contribution is 2.32. The average molecular weight is 498 g/mol. The quantitative estimate of drug-likeness (QED) is 0.290. The molecule has 3 N–H and O–H groups in total. The van der Waals surface area contributed by atoms with Crippen LogP contribution in [0.5, 0.6) is 11.5 Å². The first-order chi connectivity index (χ1) is 15.7. The molecule has 0 bridgehead atoms. The number of rotatable bonds is 8. The number of benzene rings is 2. The van der Waals surface area contributed by atoms with Crippen LogP contribution in [-0.4, -0.2) is 21.1 Å². The Morgan fingerprint density at radius 1 is 1.12 bits per heavy atom. The first-order valence-corrected chi connectivity index (χ1v) is 11.0. The van der Waals surface area contributed by atoms with E-state index in [2.05, 4.69) is 50.2 Å². The Hall–Kier alpha value is -3.06. The normalized spacial score (nSPS) is 12.9. The van der Waals surface area contributed by atoms with Crippen molar-refractivity contribution in [3.8, 4) is 11.5 Å². The smallest absolute Gasteiger partial charge is 0.158 e. The van der Waals surface area contributed by atoms with Gasteiger partial charge in [0.2, 0.25) is 0 Å². The molecule has 0 amide bonds. The summed E-state index contributed by atoms with van der Waals surface area (Å²) in [6.45, 7) is 3.32. The van der Waals surface area contributed by atoms with Crippen LogP contribution in [0.25, 0.3) is 17.1 Å². The van der Waals surface area contributed by atoms with Crippen molar-refractivity contribution < 1.29 is 4.74 Å². The molecule has 5 rings (SSSR count). The molecule has 178 valence electrons. The number of hydrogen-bond acceptors (Lipinski definition) is 5. The zero-order chi connectivity index (χ0) is 21.9. The van der Waals surface area contributed by atoms with E-state index in [1.54, 1.807) is 6.33 Å². The van der Waals surface area contributed by atoms with Crippen LogP contribution < -0.4 is 15.8 Å². The predicted molar refractivity (Wildman–Crippen MR) is 144 cm³/mol. The van der Waals surface area contributed by atoms with E-state index in [9.17, 15) is 0 Å². The van der Waals surface area contributed by atoms with Crippen molar-refractivity contribution >= 4 is 53.4 Å². The second kappa shape index (κ2) is 11.4. The van der Waals surface area contributed by atoms with Crippen molar-refractivity contribution in [1.29, 1.82) is 0 Å². The van der Waals surface area contributed by atoms with E-state index < -0.39 is 0 Å². The van der Waals surface area contributed by atoms with Crippen molar-refractivity contribution in [3.63, 3.8) is 0 Å². The van der Waals surface area contributed by atoms with Gasteiger partial charge in [0.25, 0.3) is 0 Å². The summed E-state index contributed by atoms with van der Waals surface area (Å²) in [5, 5.41) is 3.43. The van der Waals surface area contributed by atoms with Gasteiger partial charge >= 0.3 is 0 Å². The van der Waals surface area contributed by atoms with E-state index in [0.717, 1.165) is 45.5 Å². The van der Waals surface area contributed by atoms with Gasteiger partial charge in [0.05, 0.1) is 5.52 Å². The number of nitrogens with zero attached hydrogens (tertiary/aromatic N) is 3. The lowest BCUT2D eigenvalue weighted by atomic mass is 10.1. The molecule has 2 heterocycles. The molecule has 0 saturated heterocycles. The Labute approximate surface area is 212 Å². The monoisotopic (exact) mass is 497 g/mol. The Morgan fingerprint density at radius 2 is 1.97 bits per heavy atom. The third-order valence-corrected chi connectivity index (χ3v) is 5.63. The van der Waals surface area contributed by atoms with Crippen LogP contribution in [-0.2, 0) is 6.54 Å². The summed E-state index contributed by atoms with van der Waals surface area (Å²) in [7, 11) is 0. The van der Waals surface area contributed by atoms with Crippen LogP contribution in [0.1, 0.15) is 24.0 Å². The van der Waals surface area contributed by atoms with Crippen LogP contribution in [0, 0.1) is 12.8 Å². The number of fused-ring (bicyclic) bond motifs is 1. The zero-order valence-corrected chi connectivity index (χ0v) is 20.6. The lowest BCUT2D eigenvalue weighted by Gasteiger charge is -2.13. The highest BCUT2D eigenvalue weighted by molar-refractivity contribution is 5.88. The van der Waals surface area contributed by atoms with E-state index in [1.165, 1.54) is 18.4 Å². The van der Waals surface area contributed by atoms with Gasteiger partial charge in [-0.05, 0) is 73.2 Å². The molecule has 6 nitrogen and oxygen atoms in total. The van der Waals surface area contributed by atoms with Gasteiger partial charge in [-0.25, -0.2) is 9.97 Å². The number of allylic oxidation sites excluding steroid dienone is 1. The lowest BCUT2D eigenvalue weighted by molar-refractivity contribution is 0.479. The predicted octanol–water partition coefficient (Wildman–Crippen LogP) is 6.50. The van der Waals surface area contributed by atoms with Gasteiger partial charge in [-0.3, -0.25) is 0 Å². The van der Waals surface area contributed by atoms with Gasteiger partial charge in [0, 0.05) is 25.0 Å². The minimum absolute atomic E-state index is 0. The summed E-state index contributed by atoms with van der Waals surface area (Å²) < 4.78 is 8.26. The molecule has 0 spiro atoms. The maximum absolute atomic E-state index is 6.18. The third kappa shape index (κ3) is 5.89. The first kappa shape index (κ1) is 25.6. The number of hydrogen-bond donors (Lipinski definition) is 2. The molecule has 8 heteroatoms. The lowest BCUT2D eigenvalue weighted by Crippen LogP contribution is -2.10. The van der Waals surface area contributed by atoms with Crippen LogP contribution >= 0.6 is 24.8 Å². The fourth-order valence-corrected chi connectivity index (χ4v) is 3.77. The highest BCUT2D eigenvalue weighted by Gasteiger charge is 2.17. The Balaban J connectivity index is 0.00000162. The maximum atomic E-state index is 6.18. The van der Waals surface area contributed by atoms with Crippen LogP contribution in [0.15, 0.2) is 67.1 Å². The molecule has 1 aliphatic rings. The number of ether oxygens (including phenoxy) is 1. The topological polar surface area (TPSA) is 78.0 Å². The van der Waals surface area contributed by atoms with E-state index in [0.29, 0.717) is 13.1 Å². The number of halogens is 2. The van der Waals surface area contributed by atoms with Gasteiger partial charge in [0.1, 0.15) is 23.3 Å². The molecular weight excluding hydrogens is 469 g/mol. The van der Waals surface area contributed by atoms with Crippen LogP contribution in [0.4, 0.5) is 11.5 Å². The van der Waals surface area contributed by atoms with Crippen LogP contribution in [0.2, 0.25) is 0 Å². The zero-order valence-electron chi connectivity index (χ0n) is 19.0. The molecule has 0 unspecified atom stereocenters. The van der Waals surface area contributed by atoms with Crippen molar-refractivity contribution in [1.82, 2.24) is 14.5 Å². The maximum Gasteiger partial charge on any atom is 0.158 e. The second-order valence-electron chi connectivity index (χ2n) is 8.23. The van der Waals surface area contributed by atoms with E-state index in [-0.39, 0.29) is 24.8 Å². The molecule has 1 aliphatic carbocycles. The Bertz CT molecular complexity index is 1280. The fraction of sp³-hybridized carbons (Fsp3) is 0.231. The van der Waals surface area contributed by atoms with E-state index in [1.807, 2.05) is 43.5 Å². The minimum Gasteiger partial charge on any atom is -0.457 e. The van der Waals surface area contributed by atoms with E-state index in [4.69, 9.17) is 10.5 Å². The molecule has 0 aliphatic heterocycles. The van der Waals surface area contributed by atoms with Gasteiger partial charge in [-0.15, -0.1) is 24.8 Å². The van der Waals surface area contributed by atoms with Crippen molar-refractivity contribution in [3.05, 3.63) is 78.3 Å². The number of anilines is 2. The molecule has 2 aromatic carbocycles. The van der Waals surface area contributed by atoms with Crippen molar-refractivity contribution in [2.24, 2.45) is 11.7 Å². The Morgan fingerprint density at radius 3 is 2.74 bits per heavy atom. The van der Waals surface area contributed by atoms with Crippen LogP contribution in [0.3, 0.4) is 0 Å². The molecule has 1 saturated carbocycles. The summed E-state index contributed by atoms with van der Waals surface area (Å²) in [6, 6.07) is 16.2. The number of nitrogens with one attached hydrogen (secondary N) is 1. The average Bonchev–Trinajstić information content (AvgIpc) is 3.54. The van der Waals surface area contributed by atoms with Gasteiger partial charge in [0.15, 0.2) is 5.82 Å². The standard InChI is InChI=1S/C26H27N5O.2ClH/c1-18-15-21(30-26-25-23(28-17-29-26)11-13-31(25)14-12-27)9-10-24(18)32-22-4-2-3-20(16-22)8-7-19-5-6-19;;/h2-4,7-11,13,15-17,19H,5-6,12,14,27H2,1H3,(H,28,29,30);2*1H/b8-7+;;.